The van der Waals surface area contributed by atoms with Crippen LogP contribution >= 0.6 is 0 Å². The van der Waals surface area contributed by atoms with Gasteiger partial charge in [-0.2, -0.15) is 0 Å². The van der Waals surface area contributed by atoms with Gasteiger partial charge in [-0.05, 0) is 33.0 Å². The van der Waals surface area contributed by atoms with Crippen LogP contribution in [-0.2, 0) is 6.54 Å². The van der Waals surface area contributed by atoms with Crippen LogP contribution in [-0.4, -0.2) is 43.3 Å². The van der Waals surface area contributed by atoms with E-state index in [0.717, 1.165) is 12.1 Å². The maximum Gasteiger partial charge on any atom is 0.162 e. The number of hydrogen-bond acceptors (Lipinski definition) is 4. The normalized spacial score (nSPS) is 17.9. The molecular weight excluding hydrogens is 264 g/mol. The molecule has 1 aliphatic rings. The Hall–Kier alpha value is -1.26. The highest BCUT2D eigenvalue weighted by Gasteiger charge is 2.33. The molecule has 4 nitrogen and oxygen atoms in total. The van der Waals surface area contributed by atoms with E-state index < -0.39 is 0 Å². The van der Waals surface area contributed by atoms with Gasteiger partial charge in [0.2, 0.25) is 0 Å². The van der Waals surface area contributed by atoms with Crippen molar-refractivity contribution in [3.05, 3.63) is 23.8 Å². The molecule has 0 radical (unpaired) electrons. The number of likely N-dealkylation sites (N-methyl/N-ethyl adjacent to an activating group) is 1. The number of para-hydroxylation sites is 1. The van der Waals surface area contributed by atoms with Gasteiger partial charge in [0.05, 0.1) is 7.11 Å². The van der Waals surface area contributed by atoms with E-state index in [1.54, 1.807) is 13.2 Å². The van der Waals surface area contributed by atoms with Crippen LogP contribution in [0, 0.1) is 0 Å². The molecule has 1 aromatic rings. The van der Waals surface area contributed by atoms with Crippen LogP contribution in [0.25, 0.3) is 0 Å². The monoisotopic (exact) mass is 292 g/mol. The van der Waals surface area contributed by atoms with E-state index in [4.69, 9.17) is 4.74 Å². The smallest absolute Gasteiger partial charge is 0.162 e. The van der Waals surface area contributed by atoms with Crippen LogP contribution < -0.4 is 10.1 Å². The summed E-state index contributed by atoms with van der Waals surface area (Å²) >= 11 is 0. The molecule has 0 spiro atoms. The fraction of sp³-hybridized carbons (Fsp3) is 0.647. The summed E-state index contributed by atoms with van der Waals surface area (Å²) < 4.78 is 5.15. The Morgan fingerprint density at radius 2 is 1.95 bits per heavy atom. The zero-order valence-electron chi connectivity index (χ0n) is 13.5. The molecule has 4 heteroatoms. The van der Waals surface area contributed by atoms with Gasteiger partial charge in [0, 0.05) is 24.2 Å². The number of ether oxygens (including phenoxy) is 1. The summed E-state index contributed by atoms with van der Waals surface area (Å²) in [4.78, 5) is 2.37. The number of nitrogens with one attached hydrogen (secondary N) is 1. The molecule has 1 fully saturated rings. The summed E-state index contributed by atoms with van der Waals surface area (Å²) in [5, 5.41) is 13.7. The number of rotatable bonds is 6. The SMILES string of the molecule is COc1cccc(CNCC2(N(C)C)CCCCC2)c1O. The van der Waals surface area contributed by atoms with Crippen LogP contribution in [0.4, 0.5) is 0 Å². The highest BCUT2D eigenvalue weighted by molar-refractivity contribution is 5.45. The first-order chi connectivity index (χ1) is 10.1. The largest absolute Gasteiger partial charge is 0.504 e. The molecule has 0 saturated heterocycles. The van der Waals surface area contributed by atoms with Crippen molar-refractivity contribution in [2.75, 3.05) is 27.7 Å². The molecule has 1 aliphatic carbocycles. The Labute approximate surface area is 128 Å². The minimum atomic E-state index is 0.245. The van der Waals surface area contributed by atoms with E-state index in [0.29, 0.717) is 12.3 Å². The lowest BCUT2D eigenvalue weighted by Crippen LogP contribution is -2.52. The van der Waals surface area contributed by atoms with E-state index in [9.17, 15) is 5.11 Å². The first-order valence-electron chi connectivity index (χ1n) is 7.82. The quantitative estimate of drug-likeness (QED) is 0.846. The van der Waals surface area contributed by atoms with E-state index in [1.165, 1.54) is 32.1 Å². The molecule has 1 saturated carbocycles. The maximum atomic E-state index is 10.1. The molecule has 0 heterocycles. The molecule has 0 unspecified atom stereocenters. The molecule has 1 aromatic carbocycles. The van der Waals surface area contributed by atoms with Gasteiger partial charge >= 0.3 is 0 Å². The summed E-state index contributed by atoms with van der Waals surface area (Å²) in [5.74, 6) is 0.782. The molecule has 0 amide bonds. The third-order valence-electron chi connectivity index (χ3n) is 4.80. The van der Waals surface area contributed by atoms with Crippen molar-refractivity contribution in [3.8, 4) is 11.5 Å². The first-order valence-corrected chi connectivity index (χ1v) is 7.82. The Kier molecular flexibility index (Phi) is 5.48. The Bertz CT molecular complexity index is 454. The predicted molar refractivity (Wildman–Crippen MR) is 85.9 cm³/mol. The molecule has 2 rings (SSSR count). The second-order valence-electron chi connectivity index (χ2n) is 6.25. The molecule has 0 atom stereocenters. The zero-order chi connectivity index (χ0) is 15.3. The second kappa shape index (κ2) is 7.14. The number of phenolic OH excluding ortho intramolecular Hbond substituents is 1. The molecule has 21 heavy (non-hydrogen) atoms. The van der Waals surface area contributed by atoms with Crippen molar-refractivity contribution in [2.24, 2.45) is 0 Å². The number of nitrogens with zero attached hydrogens (tertiary/aromatic N) is 1. The van der Waals surface area contributed by atoms with Crippen molar-refractivity contribution in [1.82, 2.24) is 10.2 Å². The van der Waals surface area contributed by atoms with Gasteiger partial charge in [-0.3, -0.25) is 0 Å². The highest BCUT2D eigenvalue weighted by Crippen LogP contribution is 2.32. The zero-order valence-corrected chi connectivity index (χ0v) is 13.5. The number of phenols is 1. The molecule has 0 bridgehead atoms. The van der Waals surface area contributed by atoms with E-state index in [-0.39, 0.29) is 11.3 Å². The standard InChI is InChI=1S/C17H28N2O2/c1-19(2)17(10-5-4-6-11-17)13-18-12-14-8-7-9-15(21-3)16(14)20/h7-9,18,20H,4-6,10-13H2,1-3H3. The summed E-state index contributed by atoms with van der Waals surface area (Å²) in [6.07, 6.45) is 6.47. The summed E-state index contributed by atoms with van der Waals surface area (Å²) in [6, 6.07) is 5.63. The van der Waals surface area contributed by atoms with E-state index in [2.05, 4.69) is 24.3 Å². The van der Waals surface area contributed by atoms with Gasteiger partial charge in [0.1, 0.15) is 0 Å². The van der Waals surface area contributed by atoms with Gasteiger partial charge in [-0.1, -0.05) is 31.4 Å². The Morgan fingerprint density at radius 3 is 2.57 bits per heavy atom. The van der Waals surface area contributed by atoms with E-state index in [1.807, 2.05) is 12.1 Å². The second-order valence-corrected chi connectivity index (χ2v) is 6.25. The molecule has 118 valence electrons. The number of hydrogen-bond donors (Lipinski definition) is 2. The van der Waals surface area contributed by atoms with Crippen molar-refractivity contribution in [3.63, 3.8) is 0 Å². The van der Waals surface area contributed by atoms with Gasteiger partial charge in [-0.15, -0.1) is 0 Å². The fourth-order valence-electron chi connectivity index (χ4n) is 3.30. The molecule has 0 aliphatic heterocycles. The lowest BCUT2D eigenvalue weighted by molar-refractivity contribution is 0.0983. The van der Waals surface area contributed by atoms with Gasteiger partial charge in [0.25, 0.3) is 0 Å². The Morgan fingerprint density at radius 1 is 1.24 bits per heavy atom. The maximum absolute atomic E-state index is 10.1. The summed E-state index contributed by atoms with van der Waals surface area (Å²) in [7, 11) is 5.93. The van der Waals surface area contributed by atoms with Crippen molar-refractivity contribution < 1.29 is 9.84 Å². The van der Waals surface area contributed by atoms with Crippen molar-refractivity contribution in [2.45, 2.75) is 44.2 Å². The topological polar surface area (TPSA) is 44.7 Å². The van der Waals surface area contributed by atoms with Crippen LogP contribution in [0.1, 0.15) is 37.7 Å². The molecule has 2 N–H and O–H groups in total. The number of aromatic hydroxyl groups is 1. The van der Waals surface area contributed by atoms with Crippen molar-refractivity contribution in [1.29, 1.82) is 0 Å². The molecule has 0 aromatic heterocycles. The highest BCUT2D eigenvalue weighted by atomic mass is 16.5. The van der Waals surface area contributed by atoms with Gasteiger partial charge < -0.3 is 20.1 Å². The predicted octanol–water partition coefficient (Wildman–Crippen LogP) is 2.75. The van der Waals surface area contributed by atoms with Gasteiger partial charge in [0.15, 0.2) is 11.5 Å². The van der Waals surface area contributed by atoms with Crippen molar-refractivity contribution >= 4 is 0 Å². The summed E-state index contributed by atoms with van der Waals surface area (Å²) in [5.41, 5.74) is 1.14. The minimum Gasteiger partial charge on any atom is -0.504 e. The van der Waals surface area contributed by atoms with Crippen LogP contribution in [0.5, 0.6) is 11.5 Å². The minimum absolute atomic E-state index is 0.245. The number of methoxy groups -OCH3 is 1. The average molecular weight is 292 g/mol. The third-order valence-corrected chi connectivity index (χ3v) is 4.80. The summed E-state index contributed by atoms with van der Waals surface area (Å²) in [6.45, 7) is 1.62. The lowest BCUT2D eigenvalue weighted by Gasteiger charge is -2.43. The third kappa shape index (κ3) is 3.69. The number of benzene rings is 1. The van der Waals surface area contributed by atoms with Gasteiger partial charge in [-0.25, -0.2) is 0 Å². The van der Waals surface area contributed by atoms with Crippen LogP contribution in [0.2, 0.25) is 0 Å². The first kappa shape index (κ1) is 16.1. The lowest BCUT2D eigenvalue weighted by atomic mass is 9.80. The molecular formula is C17H28N2O2. The van der Waals surface area contributed by atoms with E-state index >= 15 is 0 Å². The fourth-order valence-corrected chi connectivity index (χ4v) is 3.30. The Balaban J connectivity index is 1.96. The average Bonchev–Trinajstić information content (AvgIpc) is 2.50. The van der Waals surface area contributed by atoms with Crippen LogP contribution in [0.15, 0.2) is 18.2 Å². The van der Waals surface area contributed by atoms with Crippen LogP contribution in [0.3, 0.4) is 0 Å².